The zero-order valence-corrected chi connectivity index (χ0v) is 36.3. The minimum Gasteiger partial charge on any atom is -0.375 e. The summed E-state index contributed by atoms with van der Waals surface area (Å²) in [7, 11) is 4.52. The highest BCUT2D eigenvalue weighted by atomic mass is 15.1. The van der Waals surface area contributed by atoms with E-state index in [4.69, 9.17) is 0 Å². The molecule has 0 N–H and O–H groups in total. The Bertz CT molecular complexity index is 944. The van der Waals surface area contributed by atoms with Crippen LogP contribution in [-0.4, -0.2) is 27.2 Å². The summed E-state index contributed by atoms with van der Waals surface area (Å²) in [5.41, 5.74) is 5.50. The third kappa shape index (κ3) is 26.5. The van der Waals surface area contributed by atoms with Crippen molar-refractivity contribution in [1.82, 2.24) is 0 Å². The Balaban J connectivity index is 1.44. The van der Waals surface area contributed by atoms with Crippen molar-refractivity contribution in [3.05, 3.63) is 59.7 Å². The summed E-state index contributed by atoms with van der Waals surface area (Å²) in [6, 6.07) is 18.6. The molecule has 0 amide bonds. The van der Waals surface area contributed by atoms with Gasteiger partial charge in [-0.15, -0.1) is 0 Å². The van der Waals surface area contributed by atoms with E-state index in [-0.39, 0.29) is 0 Å². The Kier molecular flexibility index (Phi) is 30.7. The van der Waals surface area contributed by atoms with Gasteiger partial charge in [0.2, 0.25) is 0 Å². The summed E-state index contributed by atoms with van der Waals surface area (Å²) in [6.45, 7) is 6.93. The molecule has 53 heavy (non-hydrogen) atoms. The third-order valence-corrected chi connectivity index (χ3v) is 11.9. The van der Waals surface area contributed by atoms with Crippen molar-refractivity contribution in [3.63, 3.8) is 0 Å². The smallest absolute Gasteiger partial charge is 0.0363 e. The van der Waals surface area contributed by atoms with E-state index >= 15 is 0 Å². The first-order chi connectivity index (χ1) is 26.1. The highest BCUT2D eigenvalue weighted by Gasteiger charge is 2.05. The molecule has 0 unspecified atom stereocenters. The largest absolute Gasteiger partial charge is 0.375 e. The second-order valence-corrected chi connectivity index (χ2v) is 17.0. The molecule has 2 aromatic rings. The van der Waals surface area contributed by atoms with Crippen molar-refractivity contribution in [3.8, 4) is 0 Å². The number of hydrogen-bond donors (Lipinski definition) is 0. The van der Waals surface area contributed by atoms with E-state index in [1.54, 1.807) is 0 Å². The van der Waals surface area contributed by atoms with Gasteiger partial charge in [0.05, 0.1) is 0 Å². The van der Waals surface area contributed by atoms with Gasteiger partial charge in [0, 0.05) is 38.6 Å². The minimum absolute atomic E-state index is 1.01. The Morgan fingerprint density at radius 1 is 0.283 bits per heavy atom. The lowest BCUT2D eigenvalue weighted by Gasteiger charge is -2.20. The van der Waals surface area contributed by atoms with Crippen molar-refractivity contribution in [2.45, 2.75) is 226 Å². The Morgan fingerprint density at radius 3 is 0.717 bits per heavy atom. The summed E-state index contributed by atoms with van der Waals surface area (Å²) >= 11 is 0. The summed E-state index contributed by atoms with van der Waals surface area (Å²) in [6.07, 6.45) is 46.7. The molecule has 0 atom stereocenters. The Morgan fingerprint density at radius 2 is 0.491 bits per heavy atom. The van der Waals surface area contributed by atoms with Crippen molar-refractivity contribution in [2.75, 3.05) is 37.0 Å². The van der Waals surface area contributed by atoms with E-state index in [1.165, 1.54) is 228 Å². The SMILES string of the molecule is CCCCCCCCCCCCCCCCCCN(C)c1ccc(Cc2ccc(N(C)CCCCCCCCCCCCCCCCCC)cc2)cc1. The molecule has 2 aromatic carbocycles. The van der Waals surface area contributed by atoms with Gasteiger partial charge in [0.25, 0.3) is 0 Å². The van der Waals surface area contributed by atoms with E-state index < -0.39 is 0 Å². The zero-order chi connectivity index (χ0) is 37.9. The highest BCUT2D eigenvalue weighted by Crippen LogP contribution is 2.21. The van der Waals surface area contributed by atoms with Gasteiger partial charge in [-0.05, 0) is 54.7 Å². The molecule has 0 fully saturated rings. The van der Waals surface area contributed by atoms with Crippen LogP contribution in [0.1, 0.15) is 230 Å². The molecule has 304 valence electrons. The zero-order valence-electron chi connectivity index (χ0n) is 36.3. The molecule has 0 aliphatic rings. The van der Waals surface area contributed by atoms with E-state index in [0.29, 0.717) is 0 Å². The van der Waals surface area contributed by atoms with Gasteiger partial charge < -0.3 is 9.80 Å². The molecule has 2 heteroatoms. The number of anilines is 2. The van der Waals surface area contributed by atoms with E-state index in [2.05, 4.69) is 86.3 Å². The van der Waals surface area contributed by atoms with Crippen LogP contribution < -0.4 is 9.80 Å². The van der Waals surface area contributed by atoms with E-state index in [9.17, 15) is 0 Å². The van der Waals surface area contributed by atoms with Crippen molar-refractivity contribution < 1.29 is 0 Å². The lowest BCUT2D eigenvalue weighted by molar-refractivity contribution is 0.529. The molecule has 0 aromatic heterocycles. The van der Waals surface area contributed by atoms with Gasteiger partial charge in [-0.1, -0.05) is 231 Å². The average molecular weight is 731 g/mol. The average Bonchev–Trinajstić information content (AvgIpc) is 3.18. The van der Waals surface area contributed by atoms with Gasteiger partial charge in [-0.25, -0.2) is 0 Å². The molecular formula is C51H90N2. The first-order valence-electron chi connectivity index (χ1n) is 23.7. The second kappa shape index (κ2) is 34.5. The first-order valence-corrected chi connectivity index (χ1v) is 23.7. The van der Waals surface area contributed by atoms with Crippen LogP contribution in [0.2, 0.25) is 0 Å². The van der Waals surface area contributed by atoms with Gasteiger partial charge in [0.15, 0.2) is 0 Å². The van der Waals surface area contributed by atoms with Crippen LogP contribution >= 0.6 is 0 Å². The quantitative estimate of drug-likeness (QED) is 0.0635. The van der Waals surface area contributed by atoms with Crippen LogP contribution in [-0.2, 0) is 6.42 Å². The molecule has 0 aliphatic carbocycles. The second-order valence-electron chi connectivity index (χ2n) is 17.0. The Hall–Kier alpha value is -1.96. The van der Waals surface area contributed by atoms with Crippen molar-refractivity contribution >= 4 is 11.4 Å². The highest BCUT2D eigenvalue weighted by molar-refractivity contribution is 5.49. The predicted molar refractivity (Wildman–Crippen MR) is 241 cm³/mol. The van der Waals surface area contributed by atoms with Crippen molar-refractivity contribution in [1.29, 1.82) is 0 Å². The number of nitrogens with zero attached hydrogens (tertiary/aromatic N) is 2. The van der Waals surface area contributed by atoms with Gasteiger partial charge in [-0.2, -0.15) is 0 Å². The molecule has 0 spiro atoms. The molecule has 0 radical (unpaired) electrons. The molecular weight excluding hydrogens is 641 g/mol. The molecule has 0 saturated heterocycles. The van der Waals surface area contributed by atoms with E-state index in [1.807, 2.05) is 0 Å². The third-order valence-electron chi connectivity index (χ3n) is 11.9. The lowest BCUT2D eigenvalue weighted by Crippen LogP contribution is -2.18. The number of benzene rings is 2. The molecule has 0 bridgehead atoms. The minimum atomic E-state index is 1.01. The van der Waals surface area contributed by atoms with Crippen molar-refractivity contribution in [2.24, 2.45) is 0 Å². The van der Waals surface area contributed by atoms with Crippen LogP contribution in [0.5, 0.6) is 0 Å². The normalized spacial score (nSPS) is 11.4. The fraction of sp³-hybridized carbons (Fsp3) is 0.765. The fourth-order valence-corrected chi connectivity index (χ4v) is 8.02. The maximum Gasteiger partial charge on any atom is 0.0363 e. The van der Waals surface area contributed by atoms with E-state index in [0.717, 1.165) is 19.5 Å². The van der Waals surface area contributed by atoms with Crippen LogP contribution in [0.15, 0.2) is 48.5 Å². The van der Waals surface area contributed by atoms with Crippen LogP contribution in [0.4, 0.5) is 11.4 Å². The maximum atomic E-state index is 2.44. The van der Waals surface area contributed by atoms with Gasteiger partial charge in [-0.3, -0.25) is 0 Å². The monoisotopic (exact) mass is 731 g/mol. The van der Waals surface area contributed by atoms with Crippen LogP contribution in [0, 0.1) is 0 Å². The molecule has 2 rings (SSSR count). The first kappa shape index (κ1) is 47.2. The topological polar surface area (TPSA) is 6.48 Å². The summed E-state index contributed by atoms with van der Waals surface area (Å²) in [4.78, 5) is 4.88. The van der Waals surface area contributed by atoms with Gasteiger partial charge in [0.1, 0.15) is 0 Å². The van der Waals surface area contributed by atoms with Gasteiger partial charge >= 0.3 is 0 Å². The molecule has 0 aliphatic heterocycles. The summed E-state index contributed by atoms with van der Waals surface area (Å²) in [5, 5.41) is 0. The summed E-state index contributed by atoms with van der Waals surface area (Å²) in [5.74, 6) is 0. The lowest BCUT2D eigenvalue weighted by atomic mass is 10.0. The standard InChI is InChI=1S/C51H90N2/c1-5-7-9-11-13-15-17-19-21-23-25-27-29-31-33-35-45-52(3)50-41-37-48(38-42-50)47-49-39-43-51(44-40-49)53(4)46-36-34-32-30-28-26-24-22-20-18-16-14-12-10-8-6-2/h37-44H,5-36,45-47H2,1-4H3. The van der Waals surface area contributed by atoms with Crippen LogP contribution in [0.25, 0.3) is 0 Å². The van der Waals surface area contributed by atoms with Crippen LogP contribution in [0.3, 0.4) is 0 Å². The maximum absolute atomic E-state index is 2.44. The number of unbranched alkanes of at least 4 members (excludes halogenated alkanes) is 30. The molecule has 0 saturated carbocycles. The fourth-order valence-electron chi connectivity index (χ4n) is 8.02. The predicted octanol–water partition coefficient (Wildman–Crippen LogP) is 16.7. The summed E-state index contributed by atoms with van der Waals surface area (Å²) < 4.78 is 0. The number of hydrogen-bond acceptors (Lipinski definition) is 2. The Labute approximate surface area is 332 Å². The molecule has 0 heterocycles. The molecule has 2 nitrogen and oxygen atoms in total. The number of rotatable bonds is 38.